The van der Waals surface area contributed by atoms with Gasteiger partial charge in [0.2, 0.25) is 0 Å². The van der Waals surface area contributed by atoms with Gasteiger partial charge in [0.1, 0.15) is 8.84 Å². The minimum Gasteiger partial charge on any atom is -0.282 e. The van der Waals surface area contributed by atoms with Gasteiger partial charge in [-0.25, -0.2) is 0 Å². The van der Waals surface area contributed by atoms with Crippen LogP contribution in [0.15, 0.2) is 29.1 Å². The van der Waals surface area contributed by atoms with Gasteiger partial charge in [-0.15, -0.1) is 0 Å². The SMILES string of the molecule is O=c1sc2sc(=S)n(-c3ccc(I)cc3)c2s1. The third kappa shape index (κ3) is 2.14. The summed E-state index contributed by atoms with van der Waals surface area (Å²) in [5, 5.41) is 0. The lowest BCUT2D eigenvalue weighted by Gasteiger charge is -2.02. The van der Waals surface area contributed by atoms with E-state index in [-0.39, 0.29) is 4.06 Å². The first kappa shape index (κ1) is 12.0. The molecule has 7 heteroatoms. The third-order valence-electron chi connectivity index (χ3n) is 2.18. The fourth-order valence-electron chi connectivity index (χ4n) is 1.48. The Morgan fingerprint density at radius 3 is 2.53 bits per heavy atom. The highest BCUT2D eigenvalue weighted by atomic mass is 127. The van der Waals surface area contributed by atoms with Crippen molar-refractivity contribution in [2.45, 2.75) is 0 Å². The number of benzene rings is 1. The van der Waals surface area contributed by atoms with Crippen molar-refractivity contribution in [2.75, 3.05) is 0 Å². The molecule has 17 heavy (non-hydrogen) atoms. The summed E-state index contributed by atoms with van der Waals surface area (Å²) < 4.78 is 5.10. The standard InChI is InChI=1S/C10H4INOS4/c11-5-1-3-6(4-2-5)12-7-8(16-9(12)14)17-10(13)15-7/h1-4H. The van der Waals surface area contributed by atoms with Crippen molar-refractivity contribution in [3.63, 3.8) is 0 Å². The summed E-state index contributed by atoms with van der Waals surface area (Å²) in [4.78, 5) is 12.4. The van der Waals surface area contributed by atoms with E-state index in [1.165, 1.54) is 37.6 Å². The Bertz CT molecular complexity index is 792. The van der Waals surface area contributed by atoms with Crippen LogP contribution in [0.4, 0.5) is 0 Å². The molecule has 86 valence electrons. The first-order chi connectivity index (χ1) is 8.15. The number of fused-ring (bicyclic) bond motifs is 1. The van der Waals surface area contributed by atoms with Gasteiger partial charge in [0.25, 0.3) is 4.06 Å². The maximum Gasteiger partial charge on any atom is 0.290 e. The Labute approximate surface area is 127 Å². The van der Waals surface area contributed by atoms with E-state index in [1.807, 2.05) is 28.8 Å². The van der Waals surface area contributed by atoms with Crippen LogP contribution in [0.3, 0.4) is 0 Å². The molecule has 0 N–H and O–H groups in total. The van der Waals surface area contributed by atoms with Gasteiger partial charge in [-0.05, 0) is 59.1 Å². The van der Waals surface area contributed by atoms with Gasteiger partial charge in [-0.3, -0.25) is 9.36 Å². The number of rotatable bonds is 1. The topological polar surface area (TPSA) is 22.0 Å². The highest BCUT2D eigenvalue weighted by Crippen LogP contribution is 2.31. The van der Waals surface area contributed by atoms with E-state index in [1.54, 1.807) is 0 Å². The van der Waals surface area contributed by atoms with Gasteiger partial charge in [0.05, 0.1) is 0 Å². The van der Waals surface area contributed by atoms with Crippen LogP contribution in [-0.4, -0.2) is 4.57 Å². The number of hydrogen-bond acceptors (Lipinski definition) is 5. The largest absolute Gasteiger partial charge is 0.290 e. The molecule has 0 radical (unpaired) electrons. The fraction of sp³-hybridized carbons (Fsp3) is 0. The molecule has 3 rings (SSSR count). The van der Waals surface area contributed by atoms with Crippen LogP contribution in [-0.2, 0) is 0 Å². The summed E-state index contributed by atoms with van der Waals surface area (Å²) in [5.41, 5.74) is 1.02. The van der Waals surface area contributed by atoms with Crippen LogP contribution in [0.1, 0.15) is 0 Å². The molecule has 2 nitrogen and oxygen atoms in total. The maximum absolute atomic E-state index is 11.4. The summed E-state index contributed by atoms with van der Waals surface area (Å²) in [6.45, 7) is 0. The molecule has 0 bridgehead atoms. The van der Waals surface area contributed by atoms with Gasteiger partial charge in [0.15, 0.2) is 3.95 Å². The Morgan fingerprint density at radius 2 is 1.82 bits per heavy atom. The molecule has 0 saturated carbocycles. The normalized spacial score (nSPS) is 11.1. The molecule has 0 atom stereocenters. The van der Waals surface area contributed by atoms with Crippen molar-refractivity contribution in [1.29, 1.82) is 0 Å². The second-order valence-electron chi connectivity index (χ2n) is 3.23. The summed E-state index contributed by atoms with van der Waals surface area (Å²) in [7, 11) is 0. The smallest absolute Gasteiger partial charge is 0.282 e. The predicted octanol–water partition coefficient (Wildman–Crippen LogP) is 4.51. The van der Waals surface area contributed by atoms with E-state index in [4.69, 9.17) is 12.2 Å². The number of halogens is 1. The lowest BCUT2D eigenvalue weighted by atomic mass is 10.3. The summed E-state index contributed by atoms with van der Waals surface area (Å²) in [6.07, 6.45) is 0. The molecule has 3 aromatic rings. The van der Waals surface area contributed by atoms with Gasteiger partial charge in [-0.2, -0.15) is 0 Å². The number of thiazole rings is 1. The van der Waals surface area contributed by atoms with Crippen LogP contribution in [0, 0.1) is 7.52 Å². The van der Waals surface area contributed by atoms with Crippen molar-refractivity contribution in [1.82, 2.24) is 4.57 Å². The van der Waals surface area contributed by atoms with Crippen molar-refractivity contribution in [2.24, 2.45) is 0 Å². The van der Waals surface area contributed by atoms with E-state index in [2.05, 4.69) is 22.6 Å². The van der Waals surface area contributed by atoms with E-state index >= 15 is 0 Å². The summed E-state index contributed by atoms with van der Waals surface area (Å²) in [6, 6.07) is 8.13. The van der Waals surface area contributed by atoms with Crippen molar-refractivity contribution < 1.29 is 0 Å². The Kier molecular flexibility index (Phi) is 3.20. The number of aromatic nitrogens is 1. The van der Waals surface area contributed by atoms with Crippen LogP contribution >= 0.6 is 68.8 Å². The van der Waals surface area contributed by atoms with Gasteiger partial charge >= 0.3 is 0 Å². The molecule has 0 spiro atoms. The molecule has 0 amide bonds. The van der Waals surface area contributed by atoms with Crippen molar-refractivity contribution in [3.8, 4) is 5.69 Å². The average molecular weight is 409 g/mol. The molecular formula is C10H4INOS4. The van der Waals surface area contributed by atoms with Crippen LogP contribution in [0.25, 0.3) is 14.5 Å². The Balaban J connectivity index is 2.35. The van der Waals surface area contributed by atoms with E-state index in [0.29, 0.717) is 0 Å². The molecular weight excluding hydrogens is 405 g/mol. The predicted molar refractivity (Wildman–Crippen MR) is 86.7 cm³/mol. The fourth-order valence-corrected chi connectivity index (χ4v) is 5.99. The lowest BCUT2D eigenvalue weighted by Crippen LogP contribution is -1.92. The monoisotopic (exact) mass is 409 g/mol. The first-order valence-corrected chi connectivity index (χ1v) is 8.50. The van der Waals surface area contributed by atoms with Gasteiger partial charge < -0.3 is 0 Å². The van der Waals surface area contributed by atoms with E-state index < -0.39 is 0 Å². The second-order valence-corrected chi connectivity index (χ2v) is 8.58. The van der Waals surface area contributed by atoms with Gasteiger partial charge in [0, 0.05) is 9.26 Å². The summed E-state index contributed by atoms with van der Waals surface area (Å²) >= 11 is 11.7. The second kappa shape index (κ2) is 4.54. The highest BCUT2D eigenvalue weighted by molar-refractivity contribution is 14.1. The third-order valence-corrected chi connectivity index (χ3v) is 6.62. The molecule has 0 aliphatic heterocycles. The van der Waals surface area contributed by atoms with Gasteiger partial charge in [-0.1, -0.05) is 34.0 Å². The maximum atomic E-state index is 11.4. The van der Waals surface area contributed by atoms with E-state index in [0.717, 1.165) is 18.5 Å². The minimum atomic E-state index is 0.125. The number of nitrogens with zero attached hydrogens (tertiary/aromatic N) is 1. The summed E-state index contributed by atoms with van der Waals surface area (Å²) in [5.74, 6) is 0. The average Bonchev–Trinajstić information content (AvgIpc) is 2.75. The highest BCUT2D eigenvalue weighted by Gasteiger charge is 2.11. The minimum absolute atomic E-state index is 0.125. The quantitative estimate of drug-likeness (QED) is 0.436. The Hall–Kier alpha value is -0.0900. The van der Waals surface area contributed by atoms with Crippen LogP contribution in [0.2, 0.25) is 0 Å². The lowest BCUT2D eigenvalue weighted by molar-refractivity contribution is 1.13. The molecule has 0 unspecified atom stereocenters. The molecule has 2 aromatic heterocycles. The molecule has 0 aliphatic rings. The molecule has 0 aliphatic carbocycles. The van der Waals surface area contributed by atoms with Crippen molar-refractivity contribution in [3.05, 3.63) is 40.6 Å². The first-order valence-electron chi connectivity index (χ1n) is 4.56. The number of hydrogen-bond donors (Lipinski definition) is 0. The zero-order valence-corrected chi connectivity index (χ0v) is 13.6. The van der Waals surface area contributed by atoms with E-state index in [9.17, 15) is 4.79 Å². The van der Waals surface area contributed by atoms with Crippen LogP contribution in [0.5, 0.6) is 0 Å². The molecule has 2 heterocycles. The molecule has 1 aromatic carbocycles. The molecule has 0 fully saturated rings. The Morgan fingerprint density at radius 1 is 1.12 bits per heavy atom. The zero-order valence-electron chi connectivity index (χ0n) is 8.18. The van der Waals surface area contributed by atoms with Crippen molar-refractivity contribution >= 4 is 77.7 Å². The molecule has 0 saturated heterocycles. The zero-order chi connectivity index (χ0) is 12.0. The van der Waals surface area contributed by atoms with Crippen LogP contribution < -0.4 is 4.06 Å².